The number of amides is 1. The van der Waals surface area contributed by atoms with Gasteiger partial charge in [0.2, 0.25) is 5.76 Å². The third-order valence-electron chi connectivity index (χ3n) is 3.94. The monoisotopic (exact) mass is 348 g/mol. The summed E-state index contributed by atoms with van der Waals surface area (Å²) in [5.41, 5.74) is 2.13. The van der Waals surface area contributed by atoms with Crippen molar-refractivity contribution in [3.63, 3.8) is 0 Å². The second kappa shape index (κ2) is 7.11. The summed E-state index contributed by atoms with van der Waals surface area (Å²) in [6.07, 6.45) is -1.03. The van der Waals surface area contributed by atoms with Crippen LogP contribution in [0.2, 0.25) is 0 Å². The van der Waals surface area contributed by atoms with E-state index in [4.69, 9.17) is 14.4 Å². The van der Waals surface area contributed by atoms with E-state index in [1.807, 2.05) is 24.3 Å². The molecule has 3 aromatic rings. The molecule has 1 aromatic heterocycles. The number of rotatable bonds is 4. The van der Waals surface area contributed by atoms with Crippen LogP contribution >= 0.6 is 0 Å². The van der Waals surface area contributed by atoms with Gasteiger partial charge in [-0.3, -0.25) is 4.79 Å². The van der Waals surface area contributed by atoms with Crippen molar-refractivity contribution in [3.8, 4) is 6.07 Å². The van der Waals surface area contributed by atoms with E-state index in [0.29, 0.717) is 22.4 Å². The van der Waals surface area contributed by atoms with Gasteiger partial charge in [0.1, 0.15) is 5.58 Å². The number of furan rings is 1. The highest BCUT2D eigenvalue weighted by Gasteiger charge is 2.24. The Kier molecular flexibility index (Phi) is 4.72. The topological polar surface area (TPSA) is 92.3 Å². The highest BCUT2D eigenvalue weighted by Crippen LogP contribution is 2.25. The average molecular weight is 348 g/mol. The minimum absolute atomic E-state index is 0.0809. The molecule has 0 aliphatic rings. The SMILES string of the molecule is Cc1c(C(=O)O[C@H](C)C(=O)Nc2cccc(C#N)c2)oc2ccccc12. The Morgan fingerprint density at radius 3 is 2.69 bits per heavy atom. The summed E-state index contributed by atoms with van der Waals surface area (Å²) in [5, 5.41) is 12.3. The van der Waals surface area contributed by atoms with E-state index >= 15 is 0 Å². The Hall–Kier alpha value is -3.59. The summed E-state index contributed by atoms with van der Waals surface area (Å²) in [6.45, 7) is 3.24. The smallest absolute Gasteiger partial charge is 0.375 e. The molecule has 0 aliphatic heterocycles. The van der Waals surface area contributed by atoms with Gasteiger partial charge in [-0.05, 0) is 38.1 Å². The third-order valence-corrected chi connectivity index (χ3v) is 3.94. The van der Waals surface area contributed by atoms with E-state index < -0.39 is 18.0 Å². The third kappa shape index (κ3) is 3.42. The molecule has 3 rings (SSSR count). The Morgan fingerprint density at radius 2 is 1.96 bits per heavy atom. The van der Waals surface area contributed by atoms with Crippen LogP contribution in [0, 0.1) is 18.3 Å². The van der Waals surface area contributed by atoms with Crippen LogP contribution in [0.4, 0.5) is 5.69 Å². The summed E-state index contributed by atoms with van der Waals surface area (Å²) in [6, 6.07) is 15.7. The molecular weight excluding hydrogens is 332 g/mol. The zero-order valence-corrected chi connectivity index (χ0v) is 14.3. The summed E-state index contributed by atoms with van der Waals surface area (Å²) in [5.74, 6) is -1.12. The van der Waals surface area contributed by atoms with Crippen LogP contribution in [0.1, 0.15) is 28.6 Å². The van der Waals surface area contributed by atoms with Crippen LogP contribution in [-0.2, 0) is 9.53 Å². The first-order valence-electron chi connectivity index (χ1n) is 7.99. The molecule has 0 bridgehead atoms. The zero-order valence-electron chi connectivity index (χ0n) is 14.3. The molecule has 130 valence electrons. The number of esters is 1. The largest absolute Gasteiger partial charge is 0.449 e. The van der Waals surface area contributed by atoms with Crippen LogP contribution in [0.3, 0.4) is 0 Å². The van der Waals surface area contributed by atoms with Gasteiger partial charge in [0, 0.05) is 16.6 Å². The lowest BCUT2D eigenvalue weighted by Crippen LogP contribution is -2.30. The van der Waals surface area contributed by atoms with Gasteiger partial charge in [0.25, 0.3) is 5.91 Å². The highest BCUT2D eigenvalue weighted by molar-refractivity contribution is 5.99. The fourth-order valence-electron chi connectivity index (χ4n) is 2.55. The fourth-order valence-corrected chi connectivity index (χ4v) is 2.55. The molecule has 1 heterocycles. The summed E-state index contributed by atoms with van der Waals surface area (Å²) in [7, 11) is 0. The molecule has 1 N–H and O–H groups in total. The van der Waals surface area contributed by atoms with Crippen molar-refractivity contribution in [2.75, 3.05) is 5.32 Å². The van der Waals surface area contributed by atoms with Crippen molar-refractivity contribution >= 4 is 28.5 Å². The molecule has 0 saturated heterocycles. The molecule has 6 heteroatoms. The van der Waals surface area contributed by atoms with E-state index in [2.05, 4.69) is 5.32 Å². The van der Waals surface area contributed by atoms with E-state index in [9.17, 15) is 9.59 Å². The minimum Gasteiger partial charge on any atom is -0.449 e. The van der Waals surface area contributed by atoms with Crippen molar-refractivity contribution in [1.29, 1.82) is 5.26 Å². The Morgan fingerprint density at radius 1 is 1.19 bits per heavy atom. The first-order valence-corrected chi connectivity index (χ1v) is 7.99. The molecule has 26 heavy (non-hydrogen) atoms. The number of ether oxygens (including phenoxy) is 1. The molecule has 0 saturated carbocycles. The molecule has 0 radical (unpaired) electrons. The second-order valence-electron chi connectivity index (χ2n) is 5.78. The molecule has 0 aliphatic carbocycles. The number of fused-ring (bicyclic) bond motifs is 1. The lowest BCUT2D eigenvalue weighted by molar-refractivity contribution is -0.123. The first kappa shape index (κ1) is 17.2. The van der Waals surface area contributed by atoms with Crippen LogP contribution in [0.5, 0.6) is 0 Å². The molecule has 1 amide bonds. The van der Waals surface area contributed by atoms with Gasteiger partial charge < -0.3 is 14.5 Å². The number of aryl methyl sites for hydroxylation is 1. The van der Waals surface area contributed by atoms with Crippen LogP contribution in [-0.4, -0.2) is 18.0 Å². The van der Waals surface area contributed by atoms with E-state index in [1.54, 1.807) is 31.2 Å². The molecular formula is C20H16N2O4. The number of para-hydroxylation sites is 1. The fraction of sp³-hybridized carbons (Fsp3) is 0.150. The first-order chi connectivity index (χ1) is 12.5. The van der Waals surface area contributed by atoms with Crippen LogP contribution in [0.15, 0.2) is 52.9 Å². The maximum Gasteiger partial charge on any atom is 0.375 e. The summed E-state index contributed by atoms with van der Waals surface area (Å²) >= 11 is 0. The number of nitrogens with zero attached hydrogens (tertiary/aromatic N) is 1. The van der Waals surface area contributed by atoms with Gasteiger partial charge >= 0.3 is 5.97 Å². The predicted octanol–water partition coefficient (Wildman–Crippen LogP) is 3.80. The Balaban J connectivity index is 1.71. The number of nitriles is 1. The number of hydrogen-bond donors (Lipinski definition) is 1. The lowest BCUT2D eigenvalue weighted by Gasteiger charge is -2.13. The standard InChI is InChI=1S/C20H16N2O4/c1-12-16-8-3-4-9-17(16)26-18(12)20(24)25-13(2)19(23)22-15-7-5-6-14(10-15)11-21/h3-10,13H,1-2H3,(H,22,23)/t13-/m1/s1. The molecule has 0 spiro atoms. The van der Waals surface area contributed by atoms with Crippen LogP contribution in [0.25, 0.3) is 11.0 Å². The second-order valence-corrected chi connectivity index (χ2v) is 5.78. The van der Waals surface area contributed by atoms with Gasteiger partial charge in [-0.2, -0.15) is 5.26 Å². The molecule has 6 nitrogen and oxygen atoms in total. The van der Waals surface area contributed by atoms with E-state index in [1.165, 1.54) is 13.0 Å². The van der Waals surface area contributed by atoms with Gasteiger partial charge in [0.05, 0.1) is 11.6 Å². The Labute approximate surface area is 150 Å². The normalized spacial score (nSPS) is 11.6. The van der Waals surface area contributed by atoms with E-state index in [-0.39, 0.29) is 5.76 Å². The number of nitrogens with one attached hydrogen (secondary N) is 1. The predicted molar refractivity (Wildman–Crippen MR) is 95.6 cm³/mol. The quantitative estimate of drug-likeness (QED) is 0.724. The zero-order chi connectivity index (χ0) is 18.7. The van der Waals surface area contributed by atoms with Crippen molar-refractivity contribution in [2.45, 2.75) is 20.0 Å². The maximum atomic E-state index is 12.4. The van der Waals surface area contributed by atoms with E-state index in [0.717, 1.165) is 5.39 Å². The summed E-state index contributed by atoms with van der Waals surface area (Å²) in [4.78, 5) is 24.6. The molecule has 1 atom stereocenters. The Bertz CT molecular complexity index is 1030. The molecule has 2 aromatic carbocycles. The van der Waals surface area contributed by atoms with Gasteiger partial charge in [-0.15, -0.1) is 0 Å². The van der Waals surface area contributed by atoms with Gasteiger partial charge in [-0.1, -0.05) is 24.3 Å². The number of benzene rings is 2. The van der Waals surface area contributed by atoms with Crippen molar-refractivity contribution in [2.24, 2.45) is 0 Å². The van der Waals surface area contributed by atoms with Crippen LogP contribution < -0.4 is 5.32 Å². The average Bonchev–Trinajstić information content (AvgIpc) is 2.99. The maximum absolute atomic E-state index is 12.4. The van der Waals surface area contributed by atoms with Crippen molar-refractivity contribution in [3.05, 3.63) is 65.4 Å². The van der Waals surface area contributed by atoms with Gasteiger partial charge in [-0.25, -0.2) is 4.79 Å². The number of carbonyl (C=O) groups excluding carboxylic acids is 2. The summed E-state index contributed by atoms with van der Waals surface area (Å²) < 4.78 is 10.8. The highest BCUT2D eigenvalue weighted by atomic mass is 16.6. The van der Waals surface area contributed by atoms with Crippen molar-refractivity contribution in [1.82, 2.24) is 0 Å². The number of hydrogen-bond acceptors (Lipinski definition) is 5. The van der Waals surface area contributed by atoms with Crippen molar-refractivity contribution < 1.29 is 18.7 Å². The number of carbonyl (C=O) groups is 2. The lowest BCUT2D eigenvalue weighted by atomic mass is 10.1. The number of anilines is 1. The van der Waals surface area contributed by atoms with Gasteiger partial charge in [0.15, 0.2) is 6.10 Å². The molecule has 0 unspecified atom stereocenters. The molecule has 0 fully saturated rings. The minimum atomic E-state index is -1.03.